The number of amides is 2. The Morgan fingerprint density at radius 2 is 2.08 bits per heavy atom. The van der Waals surface area contributed by atoms with Gasteiger partial charge in [-0.3, -0.25) is 9.59 Å². The highest BCUT2D eigenvalue weighted by Crippen LogP contribution is 2.25. The van der Waals surface area contributed by atoms with Gasteiger partial charge in [0.2, 0.25) is 11.8 Å². The van der Waals surface area contributed by atoms with Crippen LogP contribution >= 0.6 is 11.3 Å². The Morgan fingerprint density at radius 3 is 2.73 bits per heavy atom. The lowest BCUT2D eigenvalue weighted by molar-refractivity contribution is -0.126. The summed E-state index contributed by atoms with van der Waals surface area (Å²) in [7, 11) is 0. The molecule has 3 rings (SSSR count). The summed E-state index contributed by atoms with van der Waals surface area (Å²) in [6.45, 7) is 5.13. The third-order valence-corrected chi connectivity index (χ3v) is 5.45. The summed E-state index contributed by atoms with van der Waals surface area (Å²) >= 11 is 1.62. The normalized spacial score (nSPS) is 16.9. The maximum Gasteiger partial charge on any atom is 0.227 e. The van der Waals surface area contributed by atoms with Crippen LogP contribution in [0.15, 0.2) is 29.6 Å². The van der Waals surface area contributed by atoms with Crippen LogP contribution in [0.3, 0.4) is 0 Å². The van der Waals surface area contributed by atoms with Crippen molar-refractivity contribution in [3.05, 3.63) is 45.9 Å². The predicted molar refractivity (Wildman–Crippen MR) is 104 cm³/mol. The molecule has 1 atom stereocenters. The molecule has 1 unspecified atom stereocenters. The van der Waals surface area contributed by atoms with Crippen molar-refractivity contribution in [2.24, 2.45) is 5.92 Å². The molecule has 1 aliphatic rings. The summed E-state index contributed by atoms with van der Waals surface area (Å²) in [5, 5.41) is 6.00. The van der Waals surface area contributed by atoms with Crippen molar-refractivity contribution in [2.75, 3.05) is 18.0 Å². The molecule has 1 saturated heterocycles. The fourth-order valence-corrected chi connectivity index (χ4v) is 3.89. The second kappa shape index (κ2) is 8.45. The smallest absolute Gasteiger partial charge is 0.227 e. The summed E-state index contributed by atoms with van der Waals surface area (Å²) in [5.41, 5.74) is 3.15. The van der Waals surface area contributed by atoms with Crippen LogP contribution < -0.4 is 10.2 Å². The summed E-state index contributed by atoms with van der Waals surface area (Å²) in [5.74, 6) is -0.311. The standard InChI is InChI=1S/C20H25N3O2S/c1-3-4-15-5-7-18(8-6-15)23-12-16(11-19(23)24)20(25)21-10-9-17-13-26-14(2)22-17/h5-8,13,16H,3-4,9-12H2,1-2H3,(H,21,25). The minimum Gasteiger partial charge on any atom is -0.355 e. The van der Waals surface area contributed by atoms with Crippen molar-refractivity contribution in [2.45, 2.75) is 39.5 Å². The third kappa shape index (κ3) is 4.49. The number of nitrogens with one attached hydrogen (secondary N) is 1. The number of hydrogen-bond acceptors (Lipinski definition) is 4. The van der Waals surface area contributed by atoms with E-state index in [-0.39, 0.29) is 24.2 Å². The highest BCUT2D eigenvalue weighted by Gasteiger charge is 2.34. The van der Waals surface area contributed by atoms with Crippen molar-refractivity contribution < 1.29 is 9.59 Å². The van der Waals surface area contributed by atoms with Crippen LogP contribution in [0.25, 0.3) is 0 Å². The lowest BCUT2D eigenvalue weighted by Crippen LogP contribution is -2.34. The van der Waals surface area contributed by atoms with Crippen molar-refractivity contribution in [3.8, 4) is 0 Å². The van der Waals surface area contributed by atoms with Crippen LogP contribution in [-0.2, 0) is 22.4 Å². The van der Waals surface area contributed by atoms with Crippen LogP contribution in [0.4, 0.5) is 5.69 Å². The number of aryl methyl sites for hydroxylation is 2. The SMILES string of the molecule is CCCc1ccc(N2CC(C(=O)NCCc3csc(C)n3)CC2=O)cc1. The van der Waals surface area contributed by atoms with Gasteiger partial charge in [0.25, 0.3) is 0 Å². The third-order valence-electron chi connectivity index (χ3n) is 4.63. The highest BCUT2D eigenvalue weighted by atomic mass is 32.1. The van der Waals surface area contributed by atoms with Gasteiger partial charge in [0.15, 0.2) is 0 Å². The van der Waals surface area contributed by atoms with Gasteiger partial charge in [0, 0.05) is 37.0 Å². The lowest BCUT2D eigenvalue weighted by Gasteiger charge is -2.17. The summed E-state index contributed by atoms with van der Waals surface area (Å²) in [6, 6.07) is 8.09. The van der Waals surface area contributed by atoms with E-state index in [2.05, 4.69) is 29.4 Å². The number of nitrogens with zero attached hydrogens (tertiary/aromatic N) is 2. The first-order valence-corrected chi connectivity index (χ1v) is 10.0. The van der Waals surface area contributed by atoms with Gasteiger partial charge in [-0.2, -0.15) is 0 Å². The van der Waals surface area contributed by atoms with Crippen LogP contribution in [0.2, 0.25) is 0 Å². The molecule has 1 aromatic heterocycles. The van der Waals surface area contributed by atoms with Crippen molar-refractivity contribution in [1.29, 1.82) is 0 Å². The van der Waals surface area contributed by atoms with E-state index in [1.807, 2.05) is 24.4 Å². The van der Waals surface area contributed by atoms with Crippen LogP contribution in [0.5, 0.6) is 0 Å². The van der Waals surface area contributed by atoms with Gasteiger partial charge in [-0.15, -0.1) is 11.3 Å². The van der Waals surface area contributed by atoms with E-state index in [1.54, 1.807) is 16.2 Å². The Hall–Kier alpha value is -2.21. The van der Waals surface area contributed by atoms with Crippen molar-refractivity contribution in [1.82, 2.24) is 10.3 Å². The molecule has 1 aromatic carbocycles. The first-order chi connectivity index (χ1) is 12.6. The van der Waals surface area contributed by atoms with Crippen LogP contribution in [0, 0.1) is 12.8 Å². The first-order valence-electron chi connectivity index (χ1n) is 9.15. The number of carbonyl (C=O) groups is 2. The largest absolute Gasteiger partial charge is 0.355 e. The molecule has 5 nitrogen and oxygen atoms in total. The zero-order valence-electron chi connectivity index (χ0n) is 15.3. The second-order valence-electron chi connectivity index (χ2n) is 6.72. The monoisotopic (exact) mass is 371 g/mol. The molecule has 26 heavy (non-hydrogen) atoms. The van der Waals surface area contributed by atoms with E-state index in [0.29, 0.717) is 13.1 Å². The Labute approximate surface area is 158 Å². The van der Waals surface area contributed by atoms with E-state index in [4.69, 9.17) is 0 Å². The quantitative estimate of drug-likeness (QED) is 0.813. The van der Waals surface area contributed by atoms with Gasteiger partial charge in [-0.05, 0) is 31.0 Å². The van der Waals surface area contributed by atoms with Gasteiger partial charge in [-0.25, -0.2) is 4.98 Å². The van der Waals surface area contributed by atoms with E-state index < -0.39 is 0 Å². The minimum absolute atomic E-state index is 0.0171. The average Bonchev–Trinajstić information content (AvgIpc) is 3.22. The first kappa shape index (κ1) is 18.6. The van der Waals surface area contributed by atoms with Crippen molar-refractivity contribution >= 4 is 28.8 Å². The zero-order chi connectivity index (χ0) is 18.5. The van der Waals surface area contributed by atoms with Gasteiger partial charge in [0.1, 0.15) is 0 Å². The van der Waals surface area contributed by atoms with Gasteiger partial charge >= 0.3 is 0 Å². The fraction of sp³-hybridized carbons (Fsp3) is 0.450. The summed E-state index contributed by atoms with van der Waals surface area (Å²) in [4.78, 5) is 30.9. The van der Waals surface area contributed by atoms with Crippen molar-refractivity contribution in [3.63, 3.8) is 0 Å². The minimum atomic E-state index is -0.282. The maximum absolute atomic E-state index is 12.4. The van der Waals surface area contributed by atoms with Gasteiger partial charge in [-0.1, -0.05) is 25.5 Å². The number of anilines is 1. The topological polar surface area (TPSA) is 62.3 Å². The molecule has 2 heterocycles. The Balaban J connectivity index is 1.52. The Morgan fingerprint density at radius 1 is 1.31 bits per heavy atom. The molecule has 6 heteroatoms. The molecule has 0 radical (unpaired) electrons. The molecular formula is C20H25N3O2S. The number of thiazole rings is 1. The highest BCUT2D eigenvalue weighted by molar-refractivity contribution is 7.09. The molecule has 0 bridgehead atoms. The Bertz CT molecular complexity index is 770. The predicted octanol–water partition coefficient (Wildman–Crippen LogP) is 3.12. The Kier molecular flexibility index (Phi) is 6.04. The lowest BCUT2D eigenvalue weighted by atomic mass is 10.1. The molecule has 1 fully saturated rings. The van der Waals surface area contributed by atoms with Gasteiger partial charge in [0.05, 0.1) is 16.6 Å². The maximum atomic E-state index is 12.4. The molecule has 1 N–H and O–H groups in total. The number of aromatic nitrogens is 1. The van der Waals surface area contributed by atoms with E-state index in [9.17, 15) is 9.59 Å². The average molecular weight is 372 g/mol. The summed E-state index contributed by atoms with van der Waals surface area (Å²) < 4.78 is 0. The van der Waals surface area contributed by atoms with Crippen LogP contribution in [0.1, 0.15) is 36.0 Å². The number of hydrogen-bond donors (Lipinski definition) is 1. The van der Waals surface area contributed by atoms with E-state index in [1.165, 1.54) is 5.56 Å². The fourth-order valence-electron chi connectivity index (χ4n) is 3.25. The van der Waals surface area contributed by atoms with Crippen LogP contribution in [-0.4, -0.2) is 29.9 Å². The molecule has 2 amide bonds. The molecular weight excluding hydrogens is 346 g/mol. The van der Waals surface area contributed by atoms with E-state index in [0.717, 1.165) is 35.7 Å². The van der Waals surface area contributed by atoms with E-state index >= 15 is 0 Å². The molecule has 0 saturated carbocycles. The molecule has 138 valence electrons. The second-order valence-corrected chi connectivity index (χ2v) is 7.78. The molecule has 0 aliphatic carbocycles. The molecule has 1 aliphatic heterocycles. The molecule has 2 aromatic rings. The number of carbonyl (C=O) groups excluding carboxylic acids is 2. The zero-order valence-corrected chi connectivity index (χ0v) is 16.1. The summed E-state index contributed by atoms with van der Waals surface area (Å²) in [6.07, 6.45) is 3.14. The number of benzene rings is 1. The number of rotatable bonds is 7. The van der Waals surface area contributed by atoms with Gasteiger partial charge < -0.3 is 10.2 Å². The molecule has 0 spiro atoms.